The fourth-order valence-corrected chi connectivity index (χ4v) is 5.96. The van der Waals surface area contributed by atoms with Gasteiger partial charge in [0.2, 0.25) is 0 Å². The standard InChI is InChI=1S/2C19H19N2O2.C8H4F3N4.Ir/c2*1-14-15(2)21(17-8-6-10-19(12-17)23-4)13-20(14)16-7-5-9-18(11-16)22-3;9-8(10,11)7-13-6(14-15-7)5-3-1-2-4-12-5;/h2*5-7,9-12H,1-4H3;1-4H;/q3*-1;. The maximum absolute atomic E-state index is 12.1. The van der Waals surface area contributed by atoms with E-state index >= 15 is 0 Å². The van der Waals surface area contributed by atoms with Crippen LogP contribution in [0.5, 0.6) is 23.0 Å². The van der Waals surface area contributed by atoms with Gasteiger partial charge in [-0.3, -0.25) is 19.2 Å². The average molecular weight is 1020 g/mol. The van der Waals surface area contributed by atoms with Gasteiger partial charge >= 0.3 is 6.18 Å². The van der Waals surface area contributed by atoms with E-state index in [4.69, 9.17) is 18.9 Å². The Kier molecular flexibility index (Phi) is 15.4. The number of pyridine rings is 1. The van der Waals surface area contributed by atoms with Crippen molar-refractivity contribution in [2.75, 3.05) is 28.4 Å². The van der Waals surface area contributed by atoms with Crippen LogP contribution < -0.4 is 33.2 Å². The number of hydrogen-bond donors (Lipinski definition) is 0. The summed E-state index contributed by atoms with van der Waals surface area (Å²) in [7, 11) is 6.66. The average Bonchev–Trinajstić information content (AvgIpc) is 4.00. The summed E-state index contributed by atoms with van der Waals surface area (Å²) in [5.41, 5.74) is 8.47. The first-order valence-corrected chi connectivity index (χ1v) is 18.7. The van der Waals surface area contributed by atoms with Crippen molar-refractivity contribution in [2.24, 2.45) is 0 Å². The molecule has 1 radical (unpaired) electrons. The maximum atomic E-state index is 12.1. The smallest absolute Gasteiger partial charge is 0.429 e. The Morgan fingerprint density at radius 2 is 1.08 bits per heavy atom. The van der Waals surface area contributed by atoms with Gasteiger partial charge in [0.15, 0.2) is 0 Å². The fourth-order valence-electron chi connectivity index (χ4n) is 5.96. The number of methoxy groups -OCH3 is 4. The third kappa shape index (κ3) is 10.7. The van der Waals surface area contributed by atoms with E-state index < -0.39 is 12.0 Å². The zero-order valence-corrected chi connectivity index (χ0v) is 37.5. The molecule has 4 aromatic heterocycles. The third-order valence-electron chi connectivity index (χ3n) is 9.48. The molecule has 4 heterocycles. The summed E-state index contributed by atoms with van der Waals surface area (Å²) in [6.45, 7) is 8.27. The second kappa shape index (κ2) is 20.7. The molecule has 0 spiro atoms. The van der Waals surface area contributed by atoms with Crippen LogP contribution in [0.15, 0.2) is 109 Å². The molecule has 16 heteroatoms. The summed E-state index contributed by atoms with van der Waals surface area (Å²) in [5, 5.41) is 6.25. The first-order chi connectivity index (χ1) is 29.3. The largest absolute Gasteiger partial charge is 0.523 e. The van der Waals surface area contributed by atoms with Crippen LogP contribution in [0.2, 0.25) is 0 Å². The summed E-state index contributed by atoms with van der Waals surface area (Å²) in [6.07, 6.45) is 3.63. The fraction of sp³-hybridized carbons (Fsp3) is 0.196. The van der Waals surface area contributed by atoms with Gasteiger partial charge in [-0.15, -0.1) is 24.3 Å². The molecule has 0 atom stereocenters. The SMILES string of the molecule is COc1cc[c-]c(-n2[c-][n+](-c3cccc(OC)c3)c(C)c2C)c1.COc1cc[c-]c(-n2[c-][n+](-c3cccc(OC)c3)c(C)c2C)c1.FC(F)(F)c1n[n-]c(-c2ccccn2)n1.[Ir]. The van der Waals surface area contributed by atoms with E-state index in [1.807, 2.05) is 103 Å². The summed E-state index contributed by atoms with van der Waals surface area (Å²) < 4.78 is 65.6. The van der Waals surface area contributed by atoms with E-state index in [0.717, 1.165) is 68.5 Å². The number of nitrogens with zero attached hydrogens (tertiary/aromatic N) is 8. The molecule has 0 saturated heterocycles. The van der Waals surface area contributed by atoms with Crippen LogP contribution in [0.1, 0.15) is 28.6 Å². The van der Waals surface area contributed by atoms with E-state index in [2.05, 4.69) is 72.6 Å². The van der Waals surface area contributed by atoms with Crippen LogP contribution in [-0.2, 0) is 26.3 Å². The Hall–Kier alpha value is -6.77. The van der Waals surface area contributed by atoms with Crippen LogP contribution in [-0.4, -0.2) is 52.6 Å². The van der Waals surface area contributed by atoms with Crippen LogP contribution >= 0.6 is 0 Å². The molecule has 12 nitrogen and oxygen atoms in total. The zero-order valence-electron chi connectivity index (χ0n) is 35.1. The van der Waals surface area contributed by atoms with Gasteiger partial charge in [-0.2, -0.15) is 37.4 Å². The molecule has 0 aliphatic carbocycles. The second-order valence-corrected chi connectivity index (χ2v) is 13.2. The Morgan fingerprint density at radius 3 is 1.48 bits per heavy atom. The van der Waals surface area contributed by atoms with Gasteiger partial charge in [-0.1, -0.05) is 18.2 Å². The molecular weight excluding hydrogens is 978 g/mol. The molecule has 0 saturated carbocycles. The van der Waals surface area contributed by atoms with Crippen molar-refractivity contribution in [1.29, 1.82) is 0 Å². The number of rotatable bonds is 9. The molecular formula is C46H42F3IrN8O4-3. The van der Waals surface area contributed by atoms with Crippen LogP contribution in [0.4, 0.5) is 13.2 Å². The van der Waals surface area contributed by atoms with Gasteiger partial charge in [0.25, 0.3) is 12.7 Å². The van der Waals surface area contributed by atoms with E-state index in [1.54, 1.807) is 40.6 Å². The molecule has 0 aliphatic rings. The Labute approximate surface area is 371 Å². The maximum Gasteiger partial charge on any atom is 0.429 e. The molecule has 323 valence electrons. The van der Waals surface area contributed by atoms with Gasteiger partial charge in [0.05, 0.1) is 56.9 Å². The molecule has 4 aromatic carbocycles. The minimum atomic E-state index is -4.57. The van der Waals surface area contributed by atoms with Crippen molar-refractivity contribution in [3.63, 3.8) is 0 Å². The van der Waals surface area contributed by atoms with E-state index in [0.29, 0.717) is 0 Å². The van der Waals surface area contributed by atoms with Gasteiger partial charge in [-0.05, 0) is 93.4 Å². The second-order valence-electron chi connectivity index (χ2n) is 13.2. The number of aromatic nitrogens is 8. The Morgan fingerprint density at radius 1 is 0.613 bits per heavy atom. The minimum absolute atomic E-state index is 0. The van der Waals surface area contributed by atoms with Gasteiger partial charge in [-0.25, -0.2) is 0 Å². The summed E-state index contributed by atoms with van der Waals surface area (Å²) in [6, 6.07) is 38.4. The van der Waals surface area contributed by atoms with Crippen molar-refractivity contribution in [3.05, 3.63) is 163 Å². The molecule has 0 unspecified atom stereocenters. The quantitative estimate of drug-likeness (QED) is 0.108. The van der Waals surface area contributed by atoms with E-state index in [1.165, 1.54) is 12.3 Å². The normalized spacial score (nSPS) is 10.7. The zero-order chi connectivity index (χ0) is 43.7. The molecule has 0 aliphatic heterocycles. The molecule has 0 fully saturated rings. The van der Waals surface area contributed by atoms with Gasteiger partial charge in [0.1, 0.15) is 17.3 Å². The molecule has 0 bridgehead atoms. The predicted molar refractivity (Wildman–Crippen MR) is 219 cm³/mol. The van der Waals surface area contributed by atoms with Crippen molar-refractivity contribution in [1.82, 2.24) is 29.3 Å². The van der Waals surface area contributed by atoms with Crippen molar-refractivity contribution >= 4 is 0 Å². The number of ether oxygens (including phenoxy) is 4. The topological polar surface area (TPSA) is 107 Å². The molecule has 0 N–H and O–H groups in total. The van der Waals surface area contributed by atoms with Crippen molar-refractivity contribution in [2.45, 2.75) is 33.9 Å². The molecule has 62 heavy (non-hydrogen) atoms. The number of alkyl halides is 3. The monoisotopic (exact) mass is 1020 g/mol. The van der Waals surface area contributed by atoms with Gasteiger partial charge < -0.3 is 38.2 Å². The molecule has 0 amide bonds. The Balaban J connectivity index is 0.000000178. The number of imidazole rings is 2. The third-order valence-corrected chi connectivity index (χ3v) is 9.48. The van der Waals surface area contributed by atoms with Crippen LogP contribution in [0.3, 0.4) is 0 Å². The van der Waals surface area contributed by atoms with E-state index in [-0.39, 0.29) is 31.6 Å². The number of hydrogen-bond acceptors (Lipinski definition) is 7. The van der Waals surface area contributed by atoms with E-state index in [9.17, 15) is 13.2 Å². The molecule has 8 aromatic rings. The summed E-state index contributed by atoms with van der Waals surface area (Å²) in [5.74, 6) is 1.87. The number of benzene rings is 4. The predicted octanol–water partition coefficient (Wildman–Crippen LogP) is 7.49. The van der Waals surface area contributed by atoms with Crippen molar-refractivity contribution in [3.8, 4) is 57.3 Å². The van der Waals surface area contributed by atoms with Crippen molar-refractivity contribution < 1.29 is 61.4 Å². The summed E-state index contributed by atoms with van der Waals surface area (Å²) >= 11 is 0. The Bertz CT molecular complexity index is 2440. The summed E-state index contributed by atoms with van der Waals surface area (Å²) in [4.78, 5) is 7.05. The van der Waals surface area contributed by atoms with Crippen LogP contribution in [0.25, 0.3) is 34.3 Å². The molecule has 8 rings (SSSR count). The number of halogens is 3. The van der Waals surface area contributed by atoms with Gasteiger partial charge in [0, 0.05) is 49.2 Å². The first-order valence-electron chi connectivity index (χ1n) is 18.7. The first kappa shape index (κ1) is 46.3. The van der Waals surface area contributed by atoms with Crippen LogP contribution in [0, 0.1) is 52.5 Å². The minimum Gasteiger partial charge on any atom is -0.523 e.